The molecule has 7 atom stereocenters. The highest BCUT2D eigenvalue weighted by atomic mass is 28.4. The second-order valence-electron chi connectivity index (χ2n) is 13.6. The van der Waals surface area contributed by atoms with Crippen molar-refractivity contribution in [3.8, 4) is 0 Å². The molecule has 5 rings (SSSR count). The maximum Gasteiger partial charge on any atom is 0.341 e. The van der Waals surface area contributed by atoms with Gasteiger partial charge in [0.15, 0.2) is 5.60 Å². The topological polar surface area (TPSA) is 102 Å². The van der Waals surface area contributed by atoms with E-state index in [9.17, 15) is 19.8 Å². The fraction of sp³-hybridized carbons (Fsp3) is 0.576. The van der Waals surface area contributed by atoms with Crippen LogP contribution in [0.25, 0.3) is 0 Å². The average Bonchev–Trinajstić information content (AvgIpc) is 3.34. The van der Waals surface area contributed by atoms with Crippen LogP contribution < -0.4 is 10.4 Å². The molecule has 0 bridgehead atoms. The van der Waals surface area contributed by atoms with Crippen LogP contribution in [-0.2, 0) is 23.5 Å². The summed E-state index contributed by atoms with van der Waals surface area (Å²) < 4.78 is 18.5. The van der Waals surface area contributed by atoms with Crippen molar-refractivity contribution in [3.63, 3.8) is 0 Å². The second kappa shape index (κ2) is 10.3. The molecule has 0 spiro atoms. The first kappa shape index (κ1) is 30.0. The number of aliphatic hydroxyl groups is 2. The van der Waals surface area contributed by atoms with Crippen LogP contribution in [0.15, 0.2) is 60.7 Å². The molecular formula is C33H44O7Si. The highest BCUT2D eigenvalue weighted by molar-refractivity contribution is 6.99. The van der Waals surface area contributed by atoms with E-state index < -0.39 is 36.8 Å². The van der Waals surface area contributed by atoms with Crippen LogP contribution in [0, 0.1) is 22.7 Å². The molecule has 0 radical (unpaired) electrons. The number of rotatable bonds is 7. The van der Waals surface area contributed by atoms with Gasteiger partial charge in [-0.05, 0) is 52.4 Å². The van der Waals surface area contributed by atoms with Crippen LogP contribution >= 0.6 is 0 Å². The number of hydrogen-bond acceptors (Lipinski definition) is 7. The molecule has 41 heavy (non-hydrogen) atoms. The Morgan fingerprint density at radius 2 is 1.63 bits per heavy atom. The van der Waals surface area contributed by atoms with Crippen molar-refractivity contribution in [2.75, 3.05) is 13.2 Å². The van der Waals surface area contributed by atoms with Crippen molar-refractivity contribution < 1.29 is 33.7 Å². The van der Waals surface area contributed by atoms with E-state index in [1.807, 2.05) is 43.3 Å². The molecule has 0 aromatic heterocycles. The van der Waals surface area contributed by atoms with E-state index in [1.165, 1.54) is 0 Å². The van der Waals surface area contributed by atoms with Gasteiger partial charge in [-0.25, -0.2) is 4.79 Å². The lowest BCUT2D eigenvalue weighted by Crippen LogP contribution is -2.68. The van der Waals surface area contributed by atoms with Crippen LogP contribution in [0.4, 0.5) is 0 Å². The first-order valence-corrected chi connectivity index (χ1v) is 16.7. The van der Waals surface area contributed by atoms with Crippen LogP contribution in [0.3, 0.4) is 0 Å². The average molecular weight is 581 g/mol. The van der Waals surface area contributed by atoms with E-state index >= 15 is 0 Å². The third-order valence-electron chi connectivity index (χ3n) is 10.7. The Balaban J connectivity index is 1.66. The molecule has 2 aliphatic carbocycles. The Hall–Kier alpha value is -2.52. The van der Waals surface area contributed by atoms with Crippen molar-refractivity contribution in [1.82, 2.24) is 0 Å². The minimum Gasteiger partial charge on any atom is -0.466 e. The number of carbonyl (C=O) groups excluding carboxylic acids is 2. The van der Waals surface area contributed by atoms with Gasteiger partial charge in [-0.3, -0.25) is 4.79 Å². The quantitative estimate of drug-likeness (QED) is 0.381. The normalized spacial score (nSPS) is 35.0. The third-order valence-corrected chi connectivity index (χ3v) is 15.7. The van der Waals surface area contributed by atoms with Gasteiger partial charge in [0.2, 0.25) is 0 Å². The zero-order chi connectivity index (χ0) is 29.8. The lowest BCUT2D eigenvalue weighted by Gasteiger charge is -2.56. The van der Waals surface area contributed by atoms with Gasteiger partial charge in [-0.2, -0.15) is 0 Å². The summed E-state index contributed by atoms with van der Waals surface area (Å²) >= 11 is 0. The summed E-state index contributed by atoms with van der Waals surface area (Å²) in [5.41, 5.74) is -3.88. The SMILES string of the molecule is CCOC(=O)CC12CC(O)C3(O)C(=O)OCC3(C)C1C[C@H](O[Si](c1ccccc1)(c1ccccc1)C(C)(C)C)[C@H]2C. The molecule has 5 unspecified atom stereocenters. The molecule has 3 fully saturated rings. The Kier molecular flexibility index (Phi) is 7.55. The number of hydrogen-bond donors (Lipinski definition) is 2. The number of esters is 2. The molecule has 2 saturated carbocycles. The molecule has 2 N–H and O–H groups in total. The minimum atomic E-state index is -2.95. The molecule has 2 aromatic carbocycles. The molecular weight excluding hydrogens is 536 g/mol. The van der Waals surface area contributed by atoms with Crippen molar-refractivity contribution in [2.45, 2.75) is 83.7 Å². The molecule has 1 heterocycles. The maximum atomic E-state index is 13.1. The zero-order valence-corrected chi connectivity index (χ0v) is 26.1. The van der Waals surface area contributed by atoms with Crippen molar-refractivity contribution in [3.05, 3.63) is 60.7 Å². The van der Waals surface area contributed by atoms with Gasteiger partial charge in [0, 0.05) is 11.5 Å². The number of ether oxygens (including phenoxy) is 2. The summed E-state index contributed by atoms with van der Waals surface area (Å²) in [6.45, 7) is 12.6. The van der Waals surface area contributed by atoms with E-state index in [0.29, 0.717) is 6.42 Å². The molecule has 8 heteroatoms. The van der Waals surface area contributed by atoms with Gasteiger partial charge in [0.1, 0.15) is 6.61 Å². The Morgan fingerprint density at radius 1 is 1.07 bits per heavy atom. The van der Waals surface area contributed by atoms with Gasteiger partial charge >= 0.3 is 11.9 Å². The summed E-state index contributed by atoms with van der Waals surface area (Å²) in [5.74, 6) is -1.63. The molecule has 0 amide bonds. The lowest BCUT2D eigenvalue weighted by molar-refractivity contribution is -0.217. The smallest absolute Gasteiger partial charge is 0.341 e. The summed E-state index contributed by atoms with van der Waals surface area (Å²) in [6.07, 6.45) is -0.998. The summed E-state index contributed by atoms with van der Waals surface area (Å²) in [4.78, 5) is 26.0. The van der Waals surface area contributed by atoms with Crippen LogP contribution in [0.2, 0.25) is 5.04 Å². The fourth-order valence-corrected chi connectivity index (χ4v) is 13.3. The molecule has 3 aliphatic rings. The van der Waals surface area contributed by atoms with Crippen molar-refractivity contribution in [2.24, 2.45) is 22.7 Å². The summed E-state index contributed by atoms with van der Waals surface area (Å²) in [6, 6.07) is 20.8. The number of benzene rings is 2. The minimum absolute atomic E-state index is 0.0205. The van der Waals surface area contributed by atoms with E-state index in [0.717, 1.165) is 10.4 Å². The van der Waals surface area contributed by atoms with E-state index in [2.05, 4.69) is 52.0 Å². The highest BCUT2D eigenvalue weighted by Crippen LogP contribution is 2.68. The summed E-state index contributed by atoms with van der Waals surface area (Å²) in [5, 5.41) is 25.2. The standard InChI is InChI=1S/C33H44O7Si/c1-7-38-28(35)20-32-19-27(34)33(37)29(36)39-21-31(33,6)26(32)18-25(22(32)2)40-41(30(3,4)5,23-14-10-8-11-15-23)24-16-12-9-13-17-24/h8-17,22,25-27,34,37H,7,18-21H2,1-6H3/t22-,25+,26?,27?,31?,32?,33?/m1/s1. The largest absolute Gasteiger partial charge is 0.466 e. The Labute approximate surface area is 244 Å². The van der Waals surface area contributed by atoms with Crippen molar-refractivity contribution >= 4 is 30.6 Å². The Morgan fingerprint density at radius 3 is 2.15 bits per heavy atom. The zero-order valence-electron chi connectivity index (χ0n) is 25.1. The third kappa shape index (κ3) is 4.24. The first-order valence-electron chi connectivity index (χ1n) is 14.8. The second-order valence-corrected chi connectivity index (χ2v) is 17.8. The van der Waals surface area contributed by atoms with Crippen LogP contribution in [-0.4, -0.2) is 61.5 Å². The van der Waals surface area contributed by atoms with Crippen molar-refractivity contribution in [1.29, 1.82) is 0 Å². The van der Waals surface area contributed by atoms with E-state index in [-0.39, 0.29) is 55.0 Å². The Bertz CT molecular complexity index is 1240. The highest BCUT2D eigenvalue weighted by Gasteiger charge is 2.77. The fourth-order valence-electron chi connectivity index (χ4n) is 8.55. The number of aliphatic hydroxyl groups excluding tert-OH is 1. The van der Waals surface area contributed by atoms with Gasteiger partial charge in [0.25, 0.3) is 8.32 Å². The number of fused-ring (bicyclic) bond motifs is 3. The van der Waals surface area contributed by atoms with Crippen LogP contribution in [0.1, 0.15) is 60.8 Å². The molecule has 7 nitrogen and oxygen atoms in total. The van der Waals surface area contributed by atoms with Gasteiger partial charge in [0.05, 0.1) is 19.1 Å². The van der Waals surface area contributed by atoms with Gasteiger partial charge in [-0.1, -0.05) is 95.3 Å². The molecule has 1 aliphatic heterocycles. The molecule has 222 valence electrons. The first-order chi connectivity index (χ1) is 19.3. The van der Waals surface area contributed by atoms with Crippen LogP contribution in [0.5, 0.6) is 0 Å². The lowest BCUT2D eigenvalue weighted by atomic mass is 9.48. The monoisotopic (exact) mass is 580 g/mol. The predicted molar refractivity (Wildman–Crippen MR) is 158 cm³/mol. The summed E-state index contributed by atoms with van der Waals surface area (Å²) in [7, 11) is -2.95. The molecule has 2 aromatic rings. The number of carbonyl (C=O) groups is 2. The number of cyclic esters (lactones) is 1. The molecule has 1 saturated heterocycles. The predicted octanol–water partition coefficient (Wildman–Crippen LogP) is 3.59. The maximum absolute atomic E-state index is 13.1. The van der Waals surface area contributed by atoms with E-state index in [1.54, 1.807) is 6.92 Å². The van der Waals surface area contributed by atoms with Gasteiger partial charge in [-0.15, -0.1) is 0 Å². The van der Waals surface area contributed by atoms with E-state index in [4.69, 9.17) is 13.9 Å². The van der Waals surface area contributed by atoms with Gasteiger partial charge < -0.3 is 24.1 Å².